The van der Waals surface area contributed by atoms with Gasteiger partial charge in [0.25, 0.3) is 0 Å². The van der Waals surface area contributed by atoms with Crippen LogP contribution >= 0.6 is 0 Å². The summed E-state index contributed by atoms with van der Waals surface area (Å²) in [4.78, 5) is 46.9. The SMILES string of the molecule is CC.CC.CC.CC.CC.CC.CC(C)=O.CC(C)=O.CC=O.CCCC(=O)O.COC(C)=O. The van der Waals surface area contributed by atoms with Crippen LogP contribution in [-0.2, 0) is 28.7 Å². The Morgan fingerprint density at radius 1 is 0.647 bits per heavy atom. The molecule has 0 fully saturated rings. The van der Waals surface area contributed by atoms with Crippen LogP contribution in [0.2, 0.25) is 0 Å². The molecule has 7 nitrogen and oxygen atoms in total. The van der Waals surface area contributed by atoms with Gasteiger partial charge in [0.1, 0.15) is 17.9 Å². The van der Waals surface area contributed by atoms with E-state index in [4.69, 9.17) is 9.90 Å². The first-order valence-corrected chi connectivity index (χ1v) is 12.5. The molecule has 7 heteroatoms. The van der Waals surface area contributed by atoms with E-state index in [0.29, 0.717) is 6.42 Å². The second kappa shape index (κ2) is 143. The number of carboxylic acid groups (broad SMARTS) is 1. The molecule has 0 aliphatic rings. The fraction of sp³-hybridized carbons (Fsp3) is 0.815. The molecule has 0 saturated heterocycles. The topological polar surface area (TPSA) is 115 Å². The Balaban J connectivity index is -0.0000000196. The average molecular weight is 503 g/mol. The van der Waals surface area contributed by atoms with E-state index in [-0.39, 0.29) is 17.5 Å². The van der Waals surface area contributed by atoms with Crippen LogP contribution in [-0.4, -0.2) is 42.0 Å². The zero-order chi connectivity index (χ0) is 31.1. The highest BCUT2D eigenvalue weighted by Crippen LogP contribution is 1.82. The molecule has 0 spiro atoms. The van der Waals surface area contributed by atoms with Crippen molar-refractivity contribution >= 4 is 29.8 Å². The lowest BCUT2D eigenvalue weighted by atomic mass is 10.4. The monoisotopic (exact) mass is 502 g/mol. The number of ketones is 2. The number of carboxylic acids is 1. The summed E-state index contributed by atoms with van der Waals surface area (Å²) in [5.74, 6) is -0.623. The summed E-state index contributed by atoms with van der Waals surface area (Å²) in [5, 5.41) is 7.91. The van der Waals surface area contributed by atoms with Crippen molar-refractivity contribution in [3.8, 4) is 0 Å². The van der Waals surface area contributed by atoms with Crippen LogP contribution in [0.1, 0.15) is 144 Å². The summed E-state index contributed by atoms with van der Waals surface area (Å²) in [7, 11) is 1.35. The van der Waals surface area contributed by atoms with E-state index in [2.05, 4.69) is 4.74 Å². The molecule has 0 unspecified atom stereocenters. The van der Waals surface area contributed by atoms with Crippen molar-refractivity contribution in [1.29, 1.82) is 0 Å². The molecule has 0 aliphatic carbocycles. The van der Waals surface area contributed by atoms with Gasteiger partial charge >= 0.3 is 11.9 Å². The van der Waals surface area contributed by atoms with Crippen molar-refractivity contribution in [1.82, 2.24) is 0 Å². The van der Waals surface area contributed by atoms with Crippen LogP contribution in [0.3, 0.4) is 0 Å². The maximum absolute atomic E-state index is 9.60. The van der Waals surface area contributed by atoms with E-state index in [1.807, 2.05) is 90.0 Å². The Kier molecular flexibility index (Phi) is 293. The van der Waals surface area contributed by atoms with Crippen LogP contribution in [0.4, 0.5) is 0 Å². The molecule has 0 rings (SSSR count). The number of rotatable bonds is 2. The Bertz CT molecular complexity index is 281. The second-order valence-electron chi connectivity index (χ2n) is 3.89. The molecule has 0 radical (unpaired) electrons. The Morgan fingerprint density at radius 3 is 0.765 bits per heavy atom. The molecule has 0 aromatic rings. The summed E-state index contributed by atoms with van der Waals surface area (Å²) in [5.41, 5.74) is 0. The zero-order valence-electron chi connectivity index (χ0n) is 26.9. The standard InChI is InChI=1S/C4H8O2.C3H6O2.2C3H6O.C2H4O.6C2H6/c1-2-3-4(5)6;1-3(4)5-2;2*1-3(2)4;1-2-3;6*1-2/h2-3H2,1H3,(H,5,6);1-2H3;2*1-2H3;2H,1H3;6*1-2H3. The summed E-state index contributed by atoms with van der Waals surface area (Å²) in [6, 6.07) is 0. The number of carbonyl (C=O) groups excluding carboxylic acids is 4. The van der Waals surface area contributed by atoms with Gasteiger partial charge in [-0.25, -0.2) is 0 Å². The molecule has 0 saturated carbocycles. The minimum absolute atomic E-state index is 0.167. The van der Waals surface area contributed by atoms with Crippen LogP contribution in [0, 0.1) is 0 Å². The molecular weight excluding hydrogens is 436 g/mol. The van der Waals surface area contributed by atoms with Crippen molar-refractivity contribution in [3.63, 3.8) is 0 Å². The van der Waals surface area contributed by atoms with Crippen LogP contribution in [0.5, 0.6) is 0 Å². The smallest absolute Gasteiger partial charge is 0.303 e. The maximum Gasteiger partial charge on any atom is 0.303 e. The van der Waals surface area contributed by atoms with Crippen LogP contribution in [0.15, 0.2) is 0 Å². The number of Topliss-reactive ketones (excluding diaryl/α,β-unsaturated/α-hetero) is 2. The third-order valence-corrected chi connectivity index (χ3v) is 0.751. The predicted molar refractivity (Wildman–Crippen MR) is 153 cm³/mol. The van der Waals surface area contributed by atoms with Gasteiger partial charge in [0.2, 0.25) is 0 Å². The van der Waals surface area contributed by atoms with Crippen LogP contribution in [0.25, 0.3) is 0 Å². The maximum atomic E-state index is 9.60. The molecular formula is C27H66O7. The molecule has 0 aliphatic heterocycles. The Hall–Kier alpha value is -2.05. The van der Waals surface area contributed by atoms with E-state index < -0.39 is 5.97 Å². The molecule has 216 valence electrons. The number of hydrogen-bond acceptors (Lipinski definition) is 6. The fourth-order valence-electron chi connectivity index (χ4n) is 0.214. The normalized spacial score (nSPS) is 5.41. The molecule has 34 heavy (non-hydrogen) atoms. The fourth-order valence-corrected chi connectivity index (χ4v) is 0.214. The Morgan fingerprint density at radius 2 is 0.765 bits per heavy atom. The lowest BCUT2D eigenvalue weighted by Crippen LogP contribution is -1.90. The van der Waals surface area contributed by atoms with E-state index >= 15 is 0 Å². The average Bonchev–Trinajstić information content (AvgIpc) is 2.82. The highest BCUT2D eigenvalue weighted by Gasteiger charge is 1.87. The van der Waals surface area contributed by atoms with E-state index in [1.54, 1.807) is 0 Å². The number of hydrogen-bond donors (Lipinski definition) is 1. The van der Waals surface area contributed by atoms with Gasteiger partial charge in [-0.15, -0.1) is 0 Å². The predicted octanol–water partition coefficient (Wildman–Crippen LogP) is 8.60. The Labute approximate surface area is 215 Å². The third-order valence-electron chi connectivity index (χ3n) is 0.751. The number of ether oxygens (including phenoxy) is 1. The van der Waals surface area contributed by atoms with Crippen molar-refractivity contribution in [2.24, 2.45) is 0 Å². The number of esters is 1. The molecule has 1 N–H and O–H groups in total. The summed E-state index contributed by atoms with van der Waals surface area (Å²) >= 11 is 0. The molecule has 0 aromatic heterocycles. The van der Waals surface area contributed by atoms with E-state index in [9.17, 15) is 19.2 Å². The lowest BCUT2D eigenvalue weighted by molar-refractivity contribution is -0.138. The number of aliphatic carboxylic acids is 1. The van der Waals surface area contributed by atoms with Gasteiger partial charge in [-0.05, 0) is 41.0 Å². The van der Waals surface area contributed by atoms with Gasteiger partial charge in [-0.2, -0.15) is 0 Å². The molecule has 0 bridgehead atoms. The van der Waals surface area contributed by atoms with Gasteiger partial charge in [-0.3, -0.25) is 9.59 Å². The first-order valence-electron chi connectivity index (χ1n) is 12.5. The van der Waals surface area contributed by atoms with E-state index in [0.717, 1.165) is 12.7 Å². The minimum Gasteiger partial charge on any atom is -0.481 e. The molecule has 0 aromatic carbocycles. The summed E-state index contributed by atoms with van der Waals surface area (Å²) in [6.07, 6.45) is 1.77. The molecule has 0 heterocycles. The minimum atomic E-state index is -0.711. The first-order chi connectivity index (χ1) is 15.9. The second-order valence-corrected chi connectivity index (χ2v) is 3.89. The zero-order valence-corrected chi connectivity index (χ0v) is 26.9. The van der Waals surface area contributed by atoms with Gasteiger partial charge < -0.3 is 24.2 Å². The first kappa shape index (κ1) is 69.7. The quantitative estimate of drug-likeness (QED) is 0.297. The summed E-state index contributed by atoms with van der Waals surface area (Å²) in [6.45, 7) is 34.8. The molecule has 0 atom stereocenters. The van der Waals surface area contributed by atoms with Gasteiger partial charge in [0, 0.05) is 13.3 Å². The van der Waals surface area contributed by atoms with Crippen LogP contribution < -0.4 is 0 Å². The number of aldehydes is 1. The number of methoxy groups -OCH3 is 1. The lowest BCUT2D eigenvalue weighted by Gasteiger charge is -1.80. The van der Waals surface area contributed by atoms with Crippen molar-refractivity contribution in [3.05, 3.63) is 0 Å². The van der Waals surface area contributed by atoms with Crippen molar-refractivity contribution in [2.45, 2.75) is 144 Å². The van der Waals surface area contributed by atoms with Gasteiger partial charge in [-0.1, -0.05) is 90.0 Å². The van der Waals surface area contributed by atoms with E-state index in [1.165, 1.54) is 48.7 Å². The summed E-state index contributed by atoms with van der Waals surface area (Å²) < 4.78 is 4.11. The highest BCUT2D eigenvalue weighted by atomic mass is 16.5. The highest BCUT2D eigenvalue weighted by molar-refractivity contribution is 5.72. The number of carbonyl (C=O) groups is 5. The largest absolute Gasteiger partial charge is 0.481 e. The van der Waals surface area contributed by atoms with Crippen molar-refractivity contribution in [2.75, 3.05) is 7.11 Å². The van der Waals surface area contributed by atoms with Gasteiger partial charge in [0.15, 0.2) is 0 Å². The third kappa shape index (κ3) is 2880. The van der Waals surface area contributed by atoms with Crippen molar-refractivity contribution < 1.29 is 33.8 Å². The van der Waals surface area contributed by atoms with Gasteiger partial charge in [0.05, 0.1) is 7.11 Å². The molecule has 0 amide bonds.